The van der Waals surface area contributed by atoms with E-state index in [1.165, 1.54) is 89.9 Å². The summed E-state index contributed by atoms with van der Waals surface area (Å²) in [5.74, 6) is 4.76. The van der Waals surface area contributed by atoms with Gasteiger partial charge in [0.25, 0.3) is 0 Å². The van der Waals surface area contributed by atoms with Gasteiger partial charge in [-0.25, -0.2) is 0 Å². The Bertz CT molecular complexity index is 649. The summed E-state index contributed by atoms with van der Waals surface area (Å²) in [5.41, 5.74) is 2.88. The molecule has 0 aliphatic heterocycles. The Morgan fingerprint density at radius 3 is 2.53 bits per heavy atom. The van der Waals surface area contributed by atoms with Gasteiger partial charge < -0.3 is 4.74 Å². The van der Waals surface area contributed by atoms with Crippen molar-refractivity contribution in [3.05, 3.63) is 11.6 Å². The molecule has 1 nitrogen and oxygen atoms in total. The number of fused-ring (bicyclic) bond motifs is 5. The molecule has 0 spiro atoms. The molecule has 0 N–H and O–H groups in total. The molecule has 0 aromatic carbocycles. The number of hydrogen-bond acceptors (Lipinski definition) is 1. The molecule has 3 saturated carbocycles. The normalized spacial score (nSPS) is 42.2. The molecule has 0 aromatic rings. The Morgan fingerprint density at radius 1 is 0.969 bits per heavy atom. The third-order valence-corrected chi connectivity index (χ3v) is 11.0. The Labute approximate surface area is 200 Å². The minimum atomic E-state index is 0.428. The molecule has 32 heavy (non-hydrogen) atoms. The second kappa shape index (κ2) is 10.1. The van der Waals surface area contributed by atoms with Crippen LogP contribution in [-0.4, -0.2) is 12.2 Å². The van der Waals surface area contributed by atoms with Gasteiger partial charge in [-0.1, -0.05) is 72.0 Å². The second-order valence-electron chi connectivity index (χ2n) is 13.4. The minimum absolute atomic E-state index is 0.428. The fraction of sp³-hybridized carbons (Fsp3) is 0.935. The summed E-state index contributed by atoms with van der Waals surface area (Å²) in [4.78, 5) is 0. The van der Waals surface area contributed by atoms with E-state index in [1.54, 1.807) is 5.57 Å². The Morgan fingerprint density at radius 2 is 1.78 bits per heavy atom. The summed E-state index contributed by atoms with van der Waals surface area (Å²) < 4.78 is 6.48. The zero-order chi connectivity index (χ0) is 22.9. The first-order valence-electron chi connectivity index (χ1n) is 14.6. The highest BCUT2D eigenvalue weighted by Gasteiger charge is 2.58. The van der Waals surface area contributed by atoms with Crippen molar-refractivity contribution < 1.29 is 4.74 Å². The lowest BCUT2D eigenvalue weighted by Crippen LogP contribution is -2.50. The van der Waals surface area contributed by atoms with Crippen molar-refractivity contribution in [2.24, 2.45) is 40.4 Å². The van der Waals surface area contributed by atoms with Gasteiger partial charge in [0.15, 0.2) is 0 Å². The number of allylic oxidation sites excluding steroid dienone is 1. The zero-order valence-corrected chi connectivity index (χ0v) is 22.4. The van der Waals surface area contributed by atoms with Crippen molar-refractivity contribution in [1.82, 2.24) is 0 Å². The van der Waals surface area contributed by atoms with E-state index in [0.29, 0.717) is 23.0 Å². The fourth-order valence-electron chi connectivity index (χ4n) is 9.07. The second-order valence-corrected chi connectivity index (χ2v) is 13.4. The lowest BCUT2D eigenvalue weighted by Gasteiger charge is -2.58. The molecule has 1 heteroatoms. The van der Waals surface area contributed by atoms with Crippen LogP contribution in [0.4, 0.5) is 0 Å². The Kier molecular flexibility index (Phi) is 7.86. The van der Waals surface area contributed by atoms with Crippen molar-refractivity contribution in [2.75, 3.05) is 0 Å². The third kappa shape index (κ3) is 4.76. The van der Waals surface area contributed by atoms with Crippen LogP contribution in [0, 0.1) is 40.4 Å². The highest BCUT2D eigenvalue weighted by Crippen LogP contribution is 2.66. The molecule has 8 atom stereocenters. The number of hydrogen-bond donors (Lipinski definition) is 0. The van der Waals surface area contributed by atoms with Crippen LogP contribution < -0.4 is 0 Å². The molecular weight excluding hydrogens is 388 g/mol. The molecule has 5 unspecified atom stereocenters. The molecule has 0 bridgehead atoms. The SMILES string of the molecule is CCCC(C)OC1CC[C@@]2(C)C(=CCC3C2CC[C@@]2(C)C3CC[C@@H]2CCCCC(C)C)C1. The van der Waals surface area contributed by atoms with Crippen LogP contribution in [0.1, 0.15) is 131 Å². The van der Waals surface area contributed by atoms with Crippen molar-refractivity contribution >= 4 is 0 Å². The van der Waals surface area contributed by atoms with Gasteiger partial charge in [-0.3, -0.25) is 0 Å². The van der Waals surface area contributed by atoms with E-state index in [2.05, 4.69) is 47.6 Å². The Hall–Kier alpha value is -0.300. The van der Waals surface area contributed by atoms with Crippen LogP contribution in [0.3, 0.4) is 0 Å². The van der Waals surface area contributed by atoms with Gasteiger partial charge in [-0.2, -0.15) is 0 Å². The summed E-state index contributed by atoms with van der Waals surface area (Å²) in [6.45, 7) is 14.7. The molecular formula is C31H54O. The first-order chi connectivity index (χ1) is 15.3. The van der Waals surface area contributed by atoms with E-state index in [1.807, 2.05) is 0 Å². The largest absolute Gasteiger partial charge is 0.375 e. The molecule has 184 valence electrons. The van der Waals surface area contributed by atoms with Crippen molar-refractivity contribution in [3.63, 3.8) is 0 Å². The maximum atomic E-state index is 6.48. The summed E-state index contributed by atoms with van der Waals surface area (Å²) in [6, 6.07) is 0. The first-order valence-corrected chi connectivity index (χ1v) is 14.6. The fourth-order valence-corrected chi connectivity index (χ4v) is 9.07. The van der Waals surface area contributed by atoms with Crippen LogP contribution in [0.15, 0.2) is 11.6 Å². The molecule has 0 aromatic heterocycles. The van der Waals surface area contributed by atoms with E-state index in [0.717, 1.165) is 29.6 Å². The van der Waals surface area contributed by atoms with Crippen LogP contribution in [0.25, 0.3) is 0 Å². The maximum absolute atomic E-state index is 6.48. The molecule has 4 aliphatic carbocycles. The van der Waals surface area contributed by atoms with Crippen molar-refractivity contribution in [2.45, 2.75) is 144 Å². The monoisotopic (exact) mass is 442 g/mol. The highest BCUT2D eigenvalue weighted by atomic mass is 16.5. The number of rotatable bonds is 9. The predicted molar refractivity (Wildman–Crippen MR) is 138 cm³/mol. The molecule has 4 rings (SSSR count). The average Bonchev–Trinajstić information content (AvgIpc) is 3.08. The first kappa shape index (κ1) is 24.8. The van der Waals surface area contributed by atoms with Gasteiger partial charge in [0.2, 0.25) is 0 Å². The maximum Gasteiger partial charge on any atom is 0.0616 e. The molecule has 0 radical (unpaired) electrons. The standard InChI is InChI=1S/C31H54O/c1-7-10-23(4)32-26-17-19-31(6)25(21-26)13-15-27-28-16-14-24(12-9-8-11-22(2)3)30(28,5)20-18-29(27)31/h13,22-24,26-29H,7-12,14-21H2,1-6H3/t23?,24-,26?,27?,28?,29?,30+,31-/m0/s1. The summed E-state index contributed by atoms with van der Waals surface area (Å²) in [5, 5.41) is 0. The smallest absolute Gasteiger partial charge is 0.0616 e. The topological polar surface area (TPSA) is 9.23 Å². The van der Waals surface area contributed by atoms with Crippen molar-refractivity contribution in [1.29, 1.82) is 0 Å². The van der Waals surface area contributed by atoms with E-state index < -0.39 is 0 Å². The minimum Gasteiger partial charge on any atom is -0.375 e. The predicted octanol–water partition coefficient (Wildman–Crippen LogP) is 9.36. The van der Waals surface area contributed by atoms with Crippen LogP contribution in [-0.2, 0) is 4.74 Å². The van der Waals surface area contributed by atoms with Gasteiger partial charge >= 0.3 is 0 Å². The van der Waals surface area contributed by atoms with Crippen LogP contribution in [0.2, 0.25) is 0 Å². The van der Waals surface area contributed by atoms with Gasteiger partial charge in [-0.05, 0) is 112 Å². The average molecular weight is 443 g/mol. The van der Waals surface area contributed by atoms with E-state index >= 15 is 0 Å². The van der Waals surface area contributed by atoms with Gasteiger partial charge in [-0.15, -0.1) is 0 Å². The van der Waals surface area contributed by atoms with E-state index in [4.69, 9.17) is 4.74 Å². The molecule has 3 fully saturated rings. The molecule has 0 heterocycles. The molecule has 0 saturated heterocycles. The van der Waals surface area contributed by atoms with E-state index in [-0.39, 0.29) is 0 Å². The number of unbranched alkanes of at least 4 members (excludes halogenated alkanes) is 1. The zero-order valence-electron chi connectivity index (χ0n) is 22.4. The highest BCUT2D eigenvalue weighted by molar-refractivity contribution is 5.25. The summed E-state index contributed by atoms with van der Waals surface area (Å²) in [6.07, 6.45) is 23.2. The summed E-state index contributed by atoms with van der Waals surface area (Å²) >= 11 is 0. The van der Waals surface area contributed by atoms with E-state index in [9.17, 15) is 0 Å². The van der Waals surface area contributed by atoms with Gasteiger partial charge in [0.05, 0.1) is 12.2 Å². The number of ether oxygens (including phenoxy) is 1. The third-order valence-electron chi connectivity index (χ3n) is 11.0. The quantitative estimate of drug-likeness (QED) is 0.255. The summed E-state index contributed by atoms with van der Waals surface area (Å²) in [7, 11) is 0. The lowest BCUT2D eigenvalue weighted by molar-refractivity contribution is -0.0703. The van der Waals surface area contributed by atoms with Crippen molar-refractivity contribution in [3.8, 4) is 0 Å². The van der Waals surface area contributed by atoms with Crippen LogP contribution in [0.5, 0.6) is 0 Å². The van der Waals surface area contributed by atoms with Gasteiger partial charge in [0.1, 0.15) is 0 Å². The van der Waals surface area contributed by atoms with Crippen LogP contribution >= 0.6 is 0 Å². The van der Waals surface area contributed by atoms with Gasteiger partial charge in [0, 0.05) is 0 Å². The Balaban J connectivity index is 1.40. The molecule has 0 amide bonds. The lowest BCUT2D eigenvalue weighted by atomic mass is 9.47. The molecule has 4 aliphatic rings.